The van der Waals surface area contributed by atoms with Gasteiger partial charge in [-0.3, -0.25) is 9.59 Å². The lowest BCUT2D eigenvalue weighted by Gasteiger charge is -2.16. The minimum absolute atomic E-state index is 0.0601. The first-order chi connectivity index (χ1) is 16.6. The van der Waals surface area contributed by atoms with E-state index in [2.05, 4.69) is 22.3 Å². The molecule has 0 saturated carbocycles. The number of unbranched alkanes of at least 4 members (excludes halogenated alkanes) is 1. The molecule has 1 atom stereocenters. The first-order valence-electron chi connectivity index (χ1n) is 11.5. The molecule has 176 valence electrons. The summed E-state index contributed by atoms with van der Waals surface area (Å²) in [7, 11) is 0. The molecule has 0 radical (unpaired) electrons. The average Bonchev–Trinajstić information content (AvgIpc) is 3.26. The van der Waals surface area contributed by atoms with Gasteiger partial charge in [-0.15, -0.1) is 0 Å². The quantitative estimate of drug-likeness (QED) is 0.340. The second-order valence-corrected chi connectivity index (χ2v) is 9.10. The van der Waals surface area contributed by atoms with Crippen molar-refractivity contribution in [3.05, 3.63) is 87.3 Å². The van der Waals surface area contributed by atoms with E-state index < -0.39 is 0 Å². The van der Waals surface area contributed by atoms with Crippen LogP contribution in [0.15, 0.2) is 65.5 Å². The number of rotatable bonds is 10. The zero-order valence-electron chi connectivity index (χ0n) is 19.4. The van der Waals surface area contributed by atoms with E-state index in [4.69, 9.17) is 4.74 Å². The standard InChI is InChI=1S/C26H28N4O3S/c1-3-5-14-23-29-30-24(31)16-20(28-26(30)34-23)17-33-21-13-9-12-19(15-21)27-25(32)22(4-2)18-10-7-6-8-11-18/h6-13,15-16,22H,3-5,14,17H2,1-2H3,(H,27,32). The van der Waals surface area contributed by atoms with Gasteiger partial charge in [-0.05, 0) is 30.5 Å². The van der Waals surface area contributed by atoms with E-state index in [9.17, 15) is 9.59 Å². The number of amides is 1. The monoisotopic (exact) mass is 476 g/mol. The summed E-state index contributed by atoms with van der Waals surface area (Å²) in [6.07, 6.45) is 3.65. The normalized spacial score (nSPS) is 11.9. The SMILES string of the molecule is CCCCc1nn2c(=O)cc(COc3cccc(NC(=O)C(CC)c4ccccc4)c3)nc2s1. The van der Waals surface area contributed by atoms with Gasteiger partial charge in [0.25, 0.3) is 5.56 Å². The Bertz CT molecular complexity index is 1320. The second-order valence-electron chi connectivity index (χ2n) is 8.06. The van der Waals surface area contributed by atoms with Crippen LogP contribution in [0.25, 0.3) is 4.96 Å². The number of hydrogen-bond donors (Lipinski definition) is 1. The molecule has 34 heavy (non-hydrogen) atoms. The van der Waals surface area contributed by atoms with Crippen molar-refractivity contribution in [2.75, 3.05) is 5.32 Å². The summed E-state index contributed by atoms with van der Waals surface area (Å²) in [5.74, 6) is 0.298. The number of carbonyl (C=O) groups excluding carboxylic acids is 1. The van der Waals surface area contributed by atoms with Crippen LogP contribution in [-0.2, 0) is 17.8 Å². The highest BCUT2D eigenvalue weighted by atomic mass is 32.1. The molecule has 7 nitrogen and oxygen atoms in total. The molecule has 0 aliphatic carbocycles. The van der Waals surface area contributed by atoms with E-state index in [1.165, 1.54) is 21.9 Å². The van der Waals surface area contributed by atoms with Gasteiger partial charge >= 0.3 is 0 Å². The fourth-order valence-electron chi connectivity index (χ4n) is 3.71. The van der Waals surface area contributed by atoms with Crippen molar-refractivity contribution < 1.29 is 9.53 Å². The molecule has 0 aliphatic heterocycles. The van der Waals surface area contributed by atoms with E-state index >= 15 is 0 Å². The lowest BCUT2D eigenvalue weighted by molar-refractivity contribution is -0.117. The van der Waals surface area contributed by atoms with E-state index in [-0.39, 0.29) is 24.0 Å². The van der Waals surface area contributed by atoms with Crippen molar-refractivity contribution in [1.29, 1.82) is 0 Å². The highest BCUT2D eigenvalue weighted by Crippen LogP contribution is 2.24. The van der Waals surface area contributed by atoms with Crippen molar-refractivity contribution >= 4 is 27.9 Å². The third-order valence-corrected chi connectivity index (χ3v) is 6.47. The van der Waals surface area contributed by atoms with Crippen molar-refractivity contribution in [1.82, 2.24) is 14.6 Å². The van der Waals surface area contributed by atoms with E-state index in [0.717, 1.165) is 29.8 Å². The number of hydrogen-bond acceptors (Lipinski definition) is 6. The van der Waals surface area contributed by atoms with Gasteiger partial charge in [0, 0.05) is 24.2 Å². The Labute approximate surface area is 202 Å². The van der Waals surface area contributed by atoms with Gasteiger partial charge < -0.3 is 10.1 Å². The highest BCUT2D eigenvalue weighted by Gasteiger charge is 2.18. The number of nitrogens with one attached hydrogen (secondary N) is 1. The van der Waals surface area contributed by atoms with Gasteiger partial charge in [0.15, 0.2) is 0 Å². The topological polar surface area (TPSA) is 85.6 Å². The minimum Gasteiger partial charge on any atom is -0.487 e. The molecule has 4 aromatic rings. The Hall–Kier alpha value is -3.52. The molecule has 0 fully saturated rings. The van der Waals surface area contributed by atoms with Crippen LogP contribution in [0, 0.1) is 0 Å². The number of aryl methyl sites for hydroxylation is 1. The predicted octanol–water partition coefficient (Wildman–Crippen LogP) is 5.20. The van der Waals surface area contributed by atoms with E-state index in [1.807, 2.05) is 55.5 Å². The van der Waals surface area contributed by atoms with Crippen LogP contribution in [0.4, 0.5) is 5.69 Å². The van der Waals surface area contributed by atoms with Gasteiger partial charge in [-0.25, -0.2) is 4.98 Å². The highest BCUT2D eigenvalue weighted by molar-refractivity contribution is 7.16. The van der Waals surface area contributed by atoms with Crippen molar-refractivity contribution in [3.63, 3.8) is 0 Å². The molecule has 1 unspecified atom stereocenters. The molecule has 0 spiro atoms. The summed E-state index contributed by atoms with van der Waals surface area (Å²) in [6, 6.07) is 18.4. The van der Waals surface area contributed by atoms with E-state index in [1.54, 1.807) is 6.07 Å². The van der Waals surface area contributed by atoms with Crippen molar-refractivity contribution in [3.8, 4) is 5.75 Å². The largest absolute Gasteiger partial charge is 0.487 e. The number of fused-ring (bicyclic) bond motifs is 1. The van der Waals surface area contributed by atoms with Crippen molar-refractivity contribution in [2.45, 2.75) is 52.1 Å². The number of benzene rings is 2. The van der Waals surface area contributed by atoms with Gasteiger partial charge in [0.1, 0.15) is 17.4 Å². The van der Waals surface area contributed by atoms with E-state index in [0.29, 0.717) is 28.5 Å². The molecule has 8 heteroatoms. The number of ether oxygens (including phenoxy) is 1. The molecule has 2 aromatic carbocycles. The molecule has 2 heterocycles. The molecule has 0 bridgehead atoms. The zero-order chi connectivity index (χ0) is 23.9. The van der Waals surface area contributed by atoms with Gasteiger partial charge in [-0.2, -0.15) is 9.61 Å². The van der Waals surface area contributed by atoms with Crippen molar-refractivity contribution in [2.24, 2.45) is 0 Å². The summed E-state index contributed by atoms with van der Waals surface area (Å²) >= 11 is 1.44. The van der Waals surface area contributed by atoms with Crippen LogP contribution in [-0.4, -0.2) is 20.5 Å². The number of carbonyl (C=O) groups is 1. The Morgan fingerprint density at radius 3 is 2.71 bits per heavy atom. The maximum Gasteiger partial charge on any atom is 0.275 e. The number of aromatic nitrogens is 3. The van der Waals surface area contributed by atoms with Gasteiger partial charge in [0.2, 0.25) is 10.9 Å². The molecule has 0 saturated heterocycles. The summed E-state index contributed by atoms with van der Waals surface area (Å²) in [5.41, 5.74) is 1.97. The average molecular weight is 477 g/mol. The minimum atomic E-state index is -0.226. The molecule has 4 rings (SSSR count). The third kappa shape index (κ3) is 5.69. The summed E-state index contributed by atoms with van der Waals surface area (Å²) in [6.45, 7) is 4.27. The predicted molar refractivity (Wildman–Crippen MR) is 135 cm³/mol. The van der Waals surface area contributed by atoms with Crippen LogP contribution in [0.1, 0.15) is 55.3 Å². The maximum atomic E-state index is 12.9. The lowest BCUT2D eigenvalue weighted by atomic mass is 9.95. The number of anilines is 1. The molecule has 1 N–H and O–H groups in total. The molecular formula is C26H28N4O3S. The summed E-state index contributed by atoms with van der Waals surface area (Å²) < 4.78 is 7.24. The van der Waals surface area contributed by atoms with Gasteiger partial charge in [0.05, 0.1) is 11.6 Å². The van der Waals surface area contributed by atoms with Gasteiger partial charge in [-0.1, -0.05) is 68.0 Å². The second kappa shape index (κ2) is 11.1. The van der Waals surface area contributed by atoms with Crippen LogP contribution >= 0.6 is 11.3 Å². The fraction of sp³-hybridized carbons (Fsp3) is 0.308. The Kier molecular flexibility index (Phi) is 7.69. The Balaban J connectivity index is 1.43. The fourth-order valence-corrected chi connectivity index (χ4v) is 4.67. The molecule has 2 aromatic heterocycles. The van der Waals surface area contributed by atoms with Crippen LogP contribution in [0.3, 0.4) is 0 Å². The first kappa shape index (κ1) is 23.6. The lowest BCUT2D eigenvalue weighted by Crippen LogP contribution is -2.20. The maximum absolute atomic E-state index is 12.9. The Morgan fingerprint density at radius 1 is 1.12 bits per heavy atom. The number of nitrogens with zero attached hydrogens (tertiary/aromatic N) is 3. The van der Waals surface area contributed by atoms with Crippen LogP contribution < -0.4 is 15.6 Å². The first-order valence-corrected chi connectivity index (χ1v) is 12.4. The smallest absolute Gasteiger partial charge is 0.275 e. The molecule has 1 amide bonds. The Morgan fingerprint density at radius 2 is 1.94 bits per heavy atom. The summed E-state index contributed by atoms with van der Waals surface area (Å²) in [4.78, 5) is 30.4. The molecular weight excluding hydrogens is 448 g/mol. The van der Waals surface area contributed by atoms with Crippen LogP contribution in [0.5, 0.6) is 5.75 Å². The third-order valence-electron chi connectivity index (χ3n) is 5.50. The molecule has 0 aliphatic rings. The van der Waals surface area contributed by atoms with Crippen LogP contribution in [0.2, 0.25) is 0 Å². The summed E-state index contributed by atoms with van der Waals surface area (Å²) in [5, 5.41) is 8.27. The zero-order valence-corrected chi connectivity index (χ0v) is 20.2.